The summed E-state index contributed by atoms with van der Waals surface area (Å²) in [5, 5.41) is 0. The molecule has 0 heterocycles. The van der Waals surface area contributed by atoms with Crippen molar-refractivity contribution >= 4 is 38.9 Å². The van der Waals surface area contributed by atoms with E-state index in [-0.39, 0.29) is 0 Å². The van der Waals surface area contributed by atoms with Gasteiger partial charge in [-0.2, -0.15) is 0 Å². The molecular formula is C36H76Cl2OSi2. The second kappa shape index (κ2) is 37.2. The van der Waals surface area contributed by atoms with Crippen molar-refractivity contribution in [3.63, 3.8) is 0 Å². The van der Waals surface area contributed by atoms with Crippen molar-refractivity contribution in [2.75, 3.05) is 0 Å². The van der Waals surface area contributed by atoms with E-state index in [4.69, 9.17) is 26.3 Å². The minimum absolute atomic E-state index is 1.11. The van der Waals surface area contributed by atoms with Gasteiger partial charge in [-0.25, -0.2) is 0 Å². The van der Waals surface area contributed by atoms with Crippen molar-refractivity contribution in [1.29, 1.82) is 0 Å². The molecule has 248 valence electrons. The third-order valence-corrected chi connectivity index (χ3v) is 16.1. The lowest BCUT2D eigenvalue weighted by Crippen LogP contribution is -2.20. The fourth-order valence-corrected chi connectivity index (χ4v) is 13.2. The molecule has 0 aliphatic heterocycles. The maximum absolute atomic E-state index is 6.58. The standard InChI is InChI=1S/C36H76Cl2OSi2/c1-3-5-7-9-11-13-15-17-19-21-23-25-27-29-31-33-35-40(37)39-41(38)36-34-32-30-28-26-24-22-20-18-16-14-12-10-8-6-4-2/h40-41H,3-36H2,1-2H3. The third kappa shape index (κ3) is 37.1. The molecule has 0 aromatic heterocycles. The molecule has 0 saturated carbocycles. The first-order chi connectivity index (χ1) is 20.2. The number of hydrogen-bond acceptors (Lipinski definition) is 1. The number of hydrogen-bond donors (Lipinski definition) is 0. The second-order valence-corrected chi connectivity index (χ2v) is 19.9. The van der Waals surface area contributed by atoms with Gasteiger partial charge in [0.15, 0.2) is 0 Å². The minimum Gasteiger partial charge on any atom is -0.437 e. The van der Waals surface area contributed by atoms with E-state index in [1.54, 1.807) is 0 Å². The molecule has 0 spiro atoms. The maximum atomic E-state index is 6.58. The molecule has 0 radical (unpaired) electrons. The van der Waals surface area contributed by atoms with Gasteiger partial charge in [0.1, 0.15) is 0 Å². The third-order valence-electron chi connectivity index (χ3n) is 8.86. The van der Waals surface area contributed by atoms with Gasteiger partial charge in [0, 0.05) is 0 Å². The van der Waals surface area contributed by atoms with E-state index in [0.717, 1.165) is 12.1 Å². The van der Waals surface area contributed by atoms with Crippen LogP contribution in [0.5, 0.6) is 0 Å². The van der Waals surface area contributed by atoms with Crippen LogP contribution in [0.25, 0.3) is 0 Å². The van der Waals surface area contributed by atoms with Crippen LogP contribution in [0.4, 0.5) is 0 Å². The molecular weight excluding hydrogens is 575 g/mol. The van der Waals surface area contributed by atoms with Gasteiger partial charge >= 0.3 is 0 Å². The van der Waals surface area contributed by atoms with Crippen LogP contribution in [-0.4, -0.2) is 16.7 Å². The Morgan fingerprint density at radius 3 is 0.659 bits per heavy atom. The van der Waals surface area contributed by atoms with E-state index in [2.05, 4.69) is 13.8 Å². The summed E-state index contributed by atoms with van der Waals surface area (Å²) in [6.45, 7) is 4.60. The molecule has 0 N–H and O–H groups in total. The summed E-state index contributed by atoms with van der Waals surface area (Å²) in [7, 11) is -3.09. The Balaban J connectivity index is 3.26. The first kappa shape index (κ1) is 42.0. The Morgan fingerprint density at radius 1 is 0.293 bits per heavy atom. The molecule has 41 heavy (non-hydrogen) atoms. The van der Waals surface area contributed by atoms with Crippen LogP contribution >= 0.6 is 22.2 Å². The van der Waals surface area contributed by atoms with Crippen molar-refractivity contribution < 1.29 is 4.12 Å². The topological polar surface area (TPSA) is 9.23 Å². The zero-order valence-corrected chi connectivity index (χ0v) is 32.2. The summed E-state index contributed by atoms with van der Waals surface area (Å²) in [6.07, 6.45) is 45.3. The van der Waals surface area contributed by atoms with Crippen LogP contribution in [0.2, 0.25) is 12.1 Å². The van der Waals surface area contributed by atoms with E-state index in [9.17, 15) is 0 Å². The molecule has 5 heteroatoms. The lowest BCUT2D eigenvalue weighted by Gasteiger charge is -2.14. The van der Waals surface area contributed by atoms with Crippen molar-refractivity contribution in [2.45, 2.75) is 231 Å². The zero-order valence-electron chi connectivity index (χ0n) is 28.4. The number of unbranched alkanes of at least 4 members (excludes halogenated alkanes) is 30. The Kier molecular flexibility index (Phi) is 38.0. The molecule has 0 aliphatic carbocycles. The van der Waals surface area contributed by atoms with Gasteiger partial charge < -0.3 is 4.12 Å². The van der Waals surface area contributed by atoms with E-state index in [1.165, 1.54) is 205 Å². The average molecular weight is 652 g/mol. The highest BCUT2D eigenvalue weighted by atomic mass is 35.6. The number of halogens is 2. The monoisotopic (exact) mass is 650 g/mol. The van der Waals surface area contributed by atoms with Crippen LogP contribution < -0.4 is 0 Å². The largest absolute Gasteiger partial charge is 0.437 e. The molecule has 2 atom stereocenters. The minimum atomic E-state index is -1.55. The predicted molar refractivity (Wildman–Crippen MR) is 196 cm³/mol. The first-order valence-electron chi connectivity index (χ1n) is 19.1. The van der Waals surface area contributed by atoms with Crippen LogP contribution in [0.3, 0.4) is 0 Å². The molecule has 2 unspecified atom stereocenters. The Hall–Kier alpha value is 0.974. The highest BCUT2D eigenvalue weighted by molar-refractivity contribution is 7.12. The van der Waals surface area contributed by atoms with Gasteiger partial charge in [0.05, 0.1) is 0 Å². The van der Waals surface area contributed by atoms with E-state index in [1.807, 2.05) is 0 Å². The highest BCUT2D eigenvalue weighted by Gasteiger charge is 2.15. The highest BCUT2D eigenvalue weighted by Crippen LogP contribution is 2.18. The lowest BCUT2D eigenvalue weighted by atomic mass is 10.0. The van der Waals surface area contributed by atoms with Crippen molar-refractivity contribution in [2.24, 2.45) is 0 Å². The fourth-order valence-electron chi connectivity index (χ4n) is 6.00. The Labute approximate surface area is 273 Å². The van der Waals surface area contributed by atoms with Crippen LogP contribution in [0.15, 0.2) is 0 Å². The summed E-state index contributed by atoms with van der Waals surface area (Å²) in [5.74, 6) is 0. The van der Waals surface area contributed by atoms with Gasteiger partial charge in [-0.05, 0) is 12.1 Å². The van der Waals surface area contributed by atoms with Crippen molar-refractivity contribution in [3.05, 3.63) is 0 Å². The summed E-state index contributed by atoms with van der Waals surface area (Å²) < 4.78 is 6.11. The summed E-state index contributed by atoms with van der Waals surface area (Å²) in [4.78, 5) is 0. The van der Waals surface area contributed by atoms with E-state index < -0.39 is 16.7 Å². The van der Waals surface area contributed by atoms with Crippen LogP contribution in [-0.2, 0) is 4.12 Å². The fraction of sp³-hybridized carbons (Fsp3) is 1.00. The second-order valence-electron chi connectivity index (χ2n) is 13.1. The van der Waals surface area contributed by atoms with Gasteiger partial charge in [-0.3, -0.25) is 0 Å². The molecule has 0 aromatic rings. The lowest BCUT2D eigenvalue weighted by molar-refractivity contribution is 0.529. The molecule has 0 aliphatic rings. The molecule has 0 aromatic carbocycles. The van der Waals surface area contributed by atoms with Crippen molar-refractivity contribution in [3.8, 4) is 0 Å². The predicted octanol–water partition coefficient (Wildman–Crippen LogP) is 14.4. The van der Waals surface area contributed by atoms with Gasteiger partial charge in [0.25, 0.3) is 16.7 Å². The summed E-state index contributed by atoms with van der Waals surface area (Å²) >= 11 is 13.2. The maximum Gasteiger partial charge on any atom is 0.264 e. The molecule has 1 nitrogen and oxygen atoms in total. The first-order valence-corrected chi connectivity index (χ1v) is 25.2. The van der Waals surface area contributed by atoms with Gasteiger partial charge in [-0.1, -0.05) is 219 Å². The Bertz CT molecular complexity index is 429. The Morgan fingerprint density at radius 2 is 0.463 bits per heavy atom. The van der Waals surface area contributed by atoms with Crippen molar-refractivity contribution in [1.82, 2.24) is 0 Å². The zero-order chi connectivity index (χ0) is 29.9. The van der Waals surface area contributed by atoms with E-state index >= 15 is 0 Å². The van der Waals surface area contributed by atoms with Gasteiger partial charge in [-0.15, -0.1) is 22.2 Å². The molecule has 0 amide bonds. The summed E-state index contributed by atoms with van der Waals surface area (Å²) in [5.41, 5.74) is 0. The molecule has 0 rings (SSSR count). The van der Waals surface area contributed by atoms with E-state index in [0.29, 0.717) is 0 Å². The normalized spacial score (nSPS) is 13.2. The smallest absolute Gasteiger partial charge is 0.264 e. The van der Waals surface area contributed by atoms with Crippen LogP contribution in [0.1, 0.15) is 219 Å². The molecule has 0 saturated heterocycles. The number of rotatable bonds is 36. The molecule has 0 fully saturated rings. The molecule has 0 bridgehead atoms. The SMILES string of the molecule is CCCCCCCCCCCCCCCCCC[SiH](Cl)O[SiH](Cl)CCCCCCCCCCCCCCCCCC. The average Bonchev–Trinajstić information content (AvgIpc) is 2.96. The van der Waals surface area contributed by atoms with Crippen LogP contribution in [0, 0.1) is 0 Å². The van der Waals surface area contributed by atoms with Gasteiger partial charge in [0.2, 0.25) is 0 Å². The quantitative estimate of drug-likeness (QED) is 0.0372. The summed E-state index contributed by atoms with van der Waals surface area (Å²) in [6, 6.07) is 2.21.